The summed E-state index contributed by atoms with van der Waals surface area (Å²) < 4.78 is 1.81. The van der Waals surface area contributed by atoms with Crippen LogP contribution < -0.4 is 0 Å². The highest BCUT2D eigenvalue weighted by Crippen LogP contribution is 2.35. The van der Waals surface area contributed by atoms with Crippen LogP contribution in [0.4, 0.5) is 0 Å². The Morgan fingerprint density at radius 1 is 1.06 bits per heavy atom. The highest BCUT2D eigenvalue weighted by atomic mass is 15.3. The van der Waals surface area contributed by atoms with Crippen LogP contribution in [0.1, 0.15) is 69.2 Å². The molecule has 0 atom stereocenters. The first-order valence-electron chi connectivity index (χ1n) is 11.9. The molecule has 0 unspecified atom stereocenters. The number of pyridine rings is 1. The van der Waals surface area contributed by atoms with Gasteiger partial charge in [-0.05, 0) is 76.4 Å². The Balaban J connectivity index is 1.44. The van der Waals surface area contributed by atoms with Gasteiger partial charge in [-0.15, -0.1) is 5.10 Å². The van der Waals surface area contributed by atoms with Gasteiger partial charge in [0, 0.05) is 29.3 Å². The summed E-state index contributed by atoms with van der Waals surface area (Å²) in [5.74, 6) is 0.753. The van der Waals surface area contributed by atoms with Crippen molar-refractivity contribution < 1.29 is 0 Å². The average molecular weight is 445 g/mol. The second-order valence-corrected chi connectivity index (χ2v) is 9.70. The van der Waals surface area contributed by atoms with Crippen molar-refractivity contribution in [1.82, 2.24) is 39.9 Å². The summed E-state index contributed by atoms with van der Waals surface area (Å²) in [6.07, 6.45) is 5.85. The smallest absolute Gasteiger partial charge is 0.158 e. The molecule has 5 rings (SSSR count). The molecule has 1 aliphatic rings. The molecule has 0 aromatic carbocycles. The number of aromatic amines is 1. The fourth-order valence-corrected chi connectivity index (χ4v) is 4.96. The Kier molecular flexibility index (Phi) is 5.70. The summed E-state index contributed by atoms with van der Waals surface area (Å²) in [6.45, 7) is 13.2. The van der Waals surface area contributed by atoms with E-state index in [0.29, 0.717) is 12.0 Å². The van der Waals surface area contributed by atoms with Crippen LogP contribution in [-0.2, 0) is 0 Å². The zero-order valence-electron chi connectivity index (χ0n) is 20.1. The topological polar surface area (TPSA) is 87.9 Å². The van der Waals surface area contributed by atoms with E-state index >= 15 is 0 Å². The van der Waals surface area contributed by atoms with Crippen molar-refractivity contribution in [2.75, 3.05) is 13.1 Å². The monoisotopic (exact) mass is 444 g/mol. The lowest BCUT2D eigenvalue weighted by Gasteiger charge is -2.34. The van der Waals surface area contributed by atoms with Crippen molar-refractivity contribution in [2.45, 2.75) is 65.3 Å². The number of hydrogen-bond acceptors (Lipinski definition) is 6. The minimum atomic E-state index is 0.266. The van der Waals surface area contributed by atoms with Gasteiger partial charge in [0.25, 0.3) is 0 Å². The number of H-pyrrole nitrogens is 1. The Bertz CT molecular complexity index is 1240. The van der Waals surface area contributed by atoms with Gasteiger partial charge in [-0.2, -0.15) is 15.3 Å². The maximum Gasteiger partial charge on any atom is 0.158 e. The van der Waals surface area contributed by atoms with Crippen molar-refractivity contribution in [2.24, 2.45) is 0 Å². The minimum absolute atomic E-state index is 0.266. The van der Waals surface area contributed by atoms with Crippen molar-refractivity contribution in [3.8, 4) is 22.6 Å². The van der Waals surface area contributed by atoms with Crippen LogP contribution in [0.2, 0.25) is 0 Å². The number of likely N-dealkylation sites (tertiary alicyclic amines) is 1. The van der Waals surface area contributed by atoms with E-state index < -0.39 is 0 Å². The summed E-state index contributed by atoms with van der Waals surface area (Å²) in [5.41, 5.74) is 7.87. The van der Waals surface area contributed by atoms with Crippen molar-refractivity contribution in [3.63, 3.8) is 0 Å². The standard InChI is InChI=1S/C25H32N8/c1-15(2)22-23(19-12-17(5)25-26-14-27-33(25)13-19)30-31-24(22)21-7-6-20(28-29-21)18-8-10-32(11-9-18)16(3)4/h6-7,12-16,18H,8-11H2,1-5H3,(H,30,31). The summed E-state index contributed by atoms with van der Waals surface area (Å²) in [7, 11) is 0. The van der Waals surface area contributed by atoms with Gasteiger partial charge in [-0.25, -0.2) is 9.50 Å². The summed E-state index contributed by atoms with van der Waals surface area (Å²) in [4.78, 5) is 6.86. The van der Waals surface area contributed by atoms with Gasteiger partial charge >= 0.3 is 0 Å². The SMILES string of the molecule is Cc1cc(-c2n[nH]c(-c3ccc(C4CCN(C(C)C)CC4)nn3)c2C(C)C)cn2ncnc12. The van der Waals surface area contributed by atoms with E-state index in [1.54, 1.807) is 6.33 Å². The number of piperidine rings is 1. The van der Waals surface area contributed by atoms with E-state index in [4.69, 9.17) is 5.10 Å². The highest BCUT2D eigenvalue weighted by molar-refractivity contribution is 5.74. The maximum atomic E-state index is 4.69. The van der Waals surface area contributed by atoms with Crippen LogP contribution in [0.15, 0.2) is 30.7 Å². The predicted molar refractivity (Wildman–Crippen MR) is 129 cm³/mol. The molecule has 0 aliphatic carbocycles. The summed E-state index contributed by atoms with van der Waals surface area (Å²) in [6, 6.07) is 6.96. The molecule has 0 radical (unpaired) electrons. The molecule has 0 saturated carbocycles. The molecule has 4 aromatic rings. The molecule has 0 bridgehead atoms. The van der Waals surface area contributed by atoms with Crippen LogP contribution >= 0.6 is 0 Å². The number of aromatic nitrogens is 7. The van der Waals surface area contributed by atoms with E-state index in [0.717, 1.165) is 71.0 Å². The Labute approximate surface area is 194 Å². The number of hydrogen-bond donors (Lipinski definition) is 1. The molecular formula is C25H32N8. The normalized spacial score (nSPS) is 15.8. The molecule has 1 N–H and O–H groups in total. The molecule has 1 fully saturated rings. The van der Waals surface area contributed by atoms with Gasteiger partial charge in [0.15, 0.2) is 5.65 Å². The third-order valence-electron chi connectivity index (χ3n) is 6.83. The van der Waals surface area contributed by atoms with Gasteiger partial charge in [0.1, 0.15) is 12.0 Å². The van der Waals surface area contributed by atoms with Gasteiger partial charge in [0.05, 0.1) is 17.1 Å². The molecule has 0 amide bonds. The zero-order valence-corrected chi connectivity index (χ0v) is 20.1. The molecule has 0 spiro atoms. The fourth-order valence-electron chi connectivity index (χ4n) is 4.96. The quantitative estimate of drug-likeness (QED) is 0.484. The fraction of sp³-hybridized carbons (Fsp3) is 0.480. The zero-order chi connectivity index (χ0) is 23.1. The third-order valence-corrected chi connectivity index (χ3v) is 6.83. The second-order valence-electron chi connectivity index (χ2n) is 9.70. The van der Waals surface area contributed by atoms with Gasteiger partial charge < -0.3 is 4.90 Å². The molecule has 1 saturated heterocycles. The van der Waals surface area contributed by atoms with Gasteiger partial charge in [-0.3, -0.25) is 5.10 Å². The first-order chi connectivity index (χ1) is 15.9. The van der Waals surface area contributed by atoms with Crippen LogP contribution in [0.25, 0.3) is 28.3 Å². The number of rotatable bonds is 5. The first kappa shape index (κ1) is 21.7. The van der Waals surface area contributed by atoms with Gasteiger partial charge in [0.2, 0.25) is 0 Å². The summed E-state index contributed by atoms with van der Waals surface area (Å²) >= 11 is 0. The second kappa shape index (κ2) is 8.67. The molecule has 33 heavy (non-hydrogen) atoms. The van der Waals surface area contributed by atoms with E-state index in [-0.39, 0.29) is 5.92 Å². The van der Waals surface area contributed by atoms with Crippen molar-refractivity contribution >= 4 is 5.65 Å². The lowest BCUT2D eigenvalue weighted by Crippen LogP contribution is -2.38. The number of aryl methyl sites for hydroxylation is 1. The van der Waals surface area contributed by atoms with Gasteiger partial charge in [-0.1, -0.05) is 13.8 Å². The first-order valence-corrected chi connectivity index (χ1v) is 11.9. The molecular weight excluding hydrogens is 412 g/mol. The number of nitrogens with zero attached hydrogens (tertiary/aromatic N) is 7. The van der Waals surface area contributed by atoms with E-state index in [1.807, 2.05) is 17.6 Å². The van der Waals surface area contributed by atoms with E-state index in [9.17, 15) is 0 Å². The Morgan fingerprint density at radius 2 is 1.85 bits per heavy atom. The largest absolute Gasteiger partial charge is 0.301 e. The van der Waals surface area contributed by atoms with E-state index in [2.05, 4.69) is 76.2 Å². The minimum Gasteiger partial charge on any atom is -0.301 e. The molecule has 8 heteroatoms. The Morgan fingerprint density at radius 3 is 2.52 bits per heavy atom. The van der Waals surface area contributed by atoms with Crippen LogP contribution in [-0.4, -0.2) is 59.0 Å². The molecule has 4 aromatic heterocycles. The van der Waals surface area contributed by atoms with Crippen molar-refractivity contribution in [3.05, 3.63) is 47.5 Å². The molecule has 5 heterocycles. The van der Waals surface area contributed by atoms with Crippen LogP contribution in [0, 0.1) is 6.92 Å². The van der Waals surface area contributed by atoms with E-state index in [1.165, 1.54) is 0 Å². The number of nitrogens with one attached hydrogen (secondary N) is 1. The van der Waals surface area contributed by atoms with Crippen LogP contribution in [0.3, 0.4) is 0 Å². The van der Waals surface area contributed by atoms with Crippen LogP contribution in [0.5, 0.6) is 0 Å². The molecule has 172 valence electrons. The lowest BCUT2D eigenvalue weighted by molar-refractivity contribution is 0.170. The maximum absolute atomic E-state index is 4.69. The average Bonchev–Trinajstić information content (AvgIpc) is 3.47. The third kappa shape index (κ3) is 4.04. The Hall–Kier alpha value is -3.13. The molecule has 8 nitrogen and oxygen atoms in total. The summed E-state index contributed by atoms with van der Waals surface area (Å²) in [5, 5.41) is 21.5. The molecule has 1 aliphatic heterocycles. The lowest BCUT2D eigenvalue weighted by atomic mass is 9.92. The van der Waals surface area contributed by atoms with Crippen molar-refractivity contribution in [1.29, 1.82) is 0 Å². The highest BCUT2D eigenvalue weighted by Gasteiger charge is 2.25. The number of fused-ring (bicyclic) bond motifs is 1. The predicted octanol–water partition coefficient (Wildman–Crippen LogP) is 4.60.